The van der Waals surface area contributed by atoms with E-state index in [4.69, 9.17) is 4.74 Å². The van der Waals surface area contributed by atoms with Gasteiger partial charge >= 0.3 is 11.9 Å². The van der Waals surface area contributed by atoms with Crippen molar-refractivity contribution in [1.82, 2.24) is 0 Å². The Morgan fingerprint density at radius 1 is 1.10 bits per heavy atom. The summed E-state index contributed by atoms with van der Waals surface area (Å²) in [6.45, 7) is 3.19. The van der Waals surface area contributed by atoms with Gasteiger partial charge in [0.15, 0.2) is 5.75 Å². The Balaban J connectivity index is 2.65. The van der Waals surface area contributed by atoms with Gasteiger partial charge in [-0.15, -0.1) is 0 Å². The van der Waals surface area contributed by atoms with Crippen LogP contribution in [0.1, 0.15) is 22.8 Å². The van der Waals surface area contributed by atoms with E-state index in [1.807, 2.05) is 31.2 Å². The zero-order chi connectivity index (χ0) is 14.7. The Morgan fingerprint density at radius 2 is 1.80 bits per heavy atom. The van der Waals surface area contributed by atoms with E-state index < -0.39 is 11.9 Å². The van der Waals surface area contributed by atoms with Crippen LogP contribution in [0.25, 0.3) is 11.1 Å². The molecule has 1 N–H and O–H groups in total. The van der Waals surface area contributed by atoms with Crippen LogP contribution >= 0.6 is 0 Å². The van der Waals surface area contributed by atoms with Gasteiger partial charge in [-0.3, -0.25) is 4.79 Å². The number of para-hydroxylation sites is 1. The van der Waals surface area contributed by atoms with E-state index >= 15 is 0 Å². The van der Waals surface area contributed by atoms with Gasteiger partial charge in [-0.2, -0.15) is 0 Å². The summed E-state index contributed by atoms with van der Waals surface area (Å²) >= 11 is 0. The highest BCUT2D eigenvalue weighted by atomic mass is 16.5. The summed E-state index contributed by atoms with van der Waals surface area (Å²) in [5.41, 5.74) is 2.41. The molecule has 0 aliphatic heterocycles. The number of aromatic carboxylic acids is 1. The molecule has 0 aliphatic rings. The molecule has 0 fully saturated rings. The predicted octanol–water partition coefficient (Wildman–Crippen LogP) is 3.29. The maximum Gasteiger partial charge on any atom is 0.339 e. The highest BCUT2D eigenvalue weighted by molar-refractivity contribution is 5.95. The smallest absolute Gasteiger partial charge is 0.339 e. The van der Waals surface area contributed by atoms with E-state index in [0.717, 1.165) is 11.1 Å². The molecule has 0 aliphatic carbocycles. The molecule has 0 unspecified atom stereocenters. The lowest BCUT2D eigenvalue weighted by molar-refractivity contribution is -0.131. The minimum absolute atomic E-state index is 0.0285. The first-order valence-electron chi connectivity index (χ1n) is 6.11. The zero-order valence-electron chi connectivity index (χ0n) is 11.2. The van der Waals surface area contributed by atoms with Gasteiger partial charge in [-0.25, -0.2) is 4.79 Å². The van der Waals surface area contributed by atoms with Crippen molar-refractivity contribution in [3.8, 4) is 16.9 Å². The average Bonchev–Trinajstić information content (AvgIpc) is 2.38. The molecule has 4 nitrogen and oxygen atoms in total. The van der Waals surface area contributed by atoms with E-state index in [1.165, 1.54) is 13.0 Å². The third-order valence-electron chi connectivity index (χ3n) is 2.82. The molecule has 0 saturated carbocycles. The van der Waals surface area contributed by atoms with Crippen LogP contribution in [0.4, 0.5) is 0 Å². The van der Waals surface area contributed by atoms with Crippen molar-refractivity contribution >= 4 is 11.9 Å². The van der Waals surface area contributed by atoms with Crippen LogP contribution < -0.4 is 4.74 Å². The quantitative estimate of drug-likeness (QED) is 0.686. The summed E-state index contributed by atoms with van der Waals surface area (Å²) in [6, 6.07) is 12.4. The Labute approximate surface area is 116 Å². The van der Waals surface area contributed by atoms with E-state index in [9.17, 15) is 14.7 Å². The van der Waals surface area contributed by atoms with E-state index in [1.54, 1.807) is 12.1 Å². The number of carbonyl (C=O) groups is 2. The van der Waals surface area contributed by atoms with Crippen molar-refractivity contribution < 1.29 is 19.4 Å². The molecule has 20 heavy (non-hydrogen) atoms. The SMILES string of the molecule is CC(=O)Oc1c(C(=O)O)cccc1-c1cccc(C)c1. The number of rotatable bonds is 3. The average molecular weight is 270 g/mol. The van der Waals surface area contributed by atoms with Gasteiger partial charge in [0.25, 0.3) is 0 Å². The van der Waals surface area contributed by atoms with Crippen LogP contribution in [0.2, 0.25) is 0 Å². The molecule has 0 saturated heterocycles. The van der Waals surface area contributed by atoms with Gasteiger partial charge in [0, 0.05) is 12.5 Å². The molecule has 4 heteroatoms. The minimum Gasteiger partial charge on any atom is -0.478 e. The third-order valence-corrected chi connectivity index (χ3v) is 2.82. The molecule has 0 bridgehead atoms. The predicted molar refractivity (Wildman–Crippen MR) is 74.9 cm³/mol. The van der Waals surface area contributed by atoms with Crippen LogP contribution in [-0.2, 0) is 4.79 Å². The second kappa shape index (κ2) is 5.57. The fourth-order valence-corrected chi connectivity index (χ4v) is 2.00. The van der Waals surface area contributed by atoms with E-state index in [-0.39, 0.29) is 11.3 Å². The van der Waals surface area contributed by atoms with Crippen molar-refractivity contribution in [1.29, 1.82) is 0 Å². The molecule has 0 amide bonds. The molecular weight excluding hydrogens is 256 g/mol. The largest absolute Gasteiger partial charge is 0.478 e. The second-order valence-corrected chi connectivity index (χ2v) is 4.45. The maximum atomic E-state index is 11.3. The van der Waals surface area contributed by atoms with Crippen molar-refractivity contribution in [3.05, 3.63) is 53.6 Å². The number of benzene rings is 2. The molecule has 0 heterocycles. The lowest BCUT2D eigenvalue weighted by atomic mass is 10.00. The van der Waals surface area contributed by atoms with E-state index in [0.29, 0.717) is 5.56 Å². The molecule has 0 radical (unpaired) electrons. The summed E-state index contributed by atoms with van der Waals surface area (Å²) in [5, 5.41) is 9.21. The molecule has 0 spiro atoms. The van der Waals surface area contributed by atoms with Gasteiger partial charge in [0.2, 0.25) is 0 Å². The van der Waals surface area contributed by atoms with Gasteiger partial charge < -0.3 is 9.84 Å². The summed E-state index contributed by atoms with van der Waals surface area (Å²) in [4.78, 5) is 22.5. The number of carboxylic acid groups (broad SMARTS) is 1. The van der Waals surface area contributed by atoms with Crippen LogP contribution in [0, 0.1) is 6.92 Å². The lowest BCUT2D eigenvalue weighted by Crippen LogP contribution is -2.08. The molecular formula is C16H14O4. The number of carboxylic acids is 1. The number of aryl methyl sites for hydroxylation is 1. The highest BCUT2D eigenvalue weighted by Crippen LogP contribution is 2.33. The van der Waals surface area contributed by atoms with Crippen LogP contribution in [0.5, 0.6) is 5.75 Å². The molecule has 2 aromatic rings. The first-order chi connectivity index (χ1) is 9.49. The van der Waals surface area contributed by atoms with Crippen LogP contribution in [-0.4, -0.2) is 17.0 Å². The van der Waals surface area contributed by atoms with E-state index in [2.05, 4.69) is 0 Å². The minimum atomic E-state index is -1.13. The number of carbonyl (C=O) groups excluding carboxylic acids is 1. The molecule has 102 valence electrons. The highest BCUT2D eigenvalue weighted by Gasteiger charge is 2.18. The van der Waals surface area contributed by atoms with Gasteiger partial charge in [0.05, 0.1) is 0 Å². The molecule has 0 aromatic heterocycles. The zero-order valence-corrected chi connectivity index (χ0v) is 11.2. The first-order valence-corrected chi connectivity index (χ1v) is 6.11. The Kier molecular flexibility index (Phi) is 3.84. The topological polar surface area (TPSA) is 63.6 Å². The number of hydrogen-bond donors (Lipinski definition) is 1. The summed E-state index contributed by atoms with van der Waals surface area (Å²) in [5.74, 6) is -1.60. The van der Waals surface area contributed by atoms with Gasteiger partial charge in [-0.1, -0.05) is 42.0 Å². The Bertz CT molecular complexity index is 674. The van der Waals surface area contributed by atoms with Gasteiger partial charge in [-0.05, 0) is 18.6 Å². The summed E-state index contributed by atoms with van der Waals surface area (Å²) in [7, 11) is 0. The molecule has 2 aromatic carbocycles. The van der Waals surface area contributed by atoms with Crippen LogP contribution in [0.15, 0.2) is 42.5 Å². The number of ether oxygens (including phenoxy) is 1. The van der Waals surface area contributed by atoms with Crippen molar-refractivity contribution in [2.45, 2.75) is 13.8 Å². The van der Waals surface area contributed by atoms with Crippen LogP contribution in [0.3, 0.4) is 0 Å². The standard InChI is InChI=1S/C16H14O4/c1-10-5-3-6-12(9-10)13-7-4-8-14(16(18)19)15(13)20-11(2)17/h3-9H,1-2H3,(H,18,19). The third kappa shape index (κ3) is 2.85. The van der Waals surface area contributed by atoms with Gasteiger partial charge in [0.1, 0.15) is 5.56 Å². The van der Waals surface area contributed by atoms with Crippen molar-refractivity contribution in [2.24, 2.45) is 0 Å². The normalized spacial score (nSPS) is 10.1. The molecule has 2 rings (SSSR count). The second-order valence-electron chi connectivity index (χ2n) is 4.45. The van der Waals surface area contributed by atoms with Crippen molar-refractivity contribution in [3.63, 3.8) is 0 Å². The summed E-state index contributed by atoms with van der Waals surface area (Å²) < 4.78 is 5.11. The fourth-order valence-electron chi connectivity index (χ4n) is 2.00. The fraction of sp³-hybridized carbons (Fsp3) is 0.125. The Morgan fingerprint density at radius 3 is 2.40 bits per heavy atom. The molecule has 0 atom stereocenters. The summed E-state index contributed by atoms with van der Waals surface area (Å²) in [6.07, 6.45) is 0. The maximum absolute atomic E-state index is 11.3. The first kappa shape index (κ1) is 13.8. The Hall–Kier alpha value is -2.62. The lowest BCUT2D eigenvalue weighted by Gasteiger charge is -2.12. The number of esters is 1. The monoisotopic (exact) mass is 270 g/mol. The number of hydrogen-bond acceptors (Lipinski definition) is 3. The van der Waals surface area contributed by atoms with Crippen molar-refractivity contribution in [2.75, 3.05) is 0 Å².